The van der Waals surface area contributed by atoms with E-state index in [-0.39, 0.29) is 18.3 Å². The molecule has 0 amide bonds. The first-order chi connectivity index (χ1) is 14.4. The smallest absolute Gasteiger partial charge is 0.318 e. The predicted molar refractivity (Wildman–Crippen MR) is 103 cm³/mol. The Morgan fingerprint density at radius 1 is 1.13 bits per heavy atom. The summed E-state index contributed by atoms with van der Waals surface area (Å²) < 4.78 is 47.8. The molecule has 158 valence electrons. The number of halogens is 3. The van der Waals surface area contributed by atoms with Crippen LogP contribution < -0.4 is 9.64 Å². The minimum absolute atomic E-state index is 0.0570. The molecule has 1 aliphatic heterocycles. The summed E-state index contributed by atoms with van der Waals surface area (Å²) in [5, 5.41) is 7.89. The maximum absolute atomic E-state index is 13.7. The number of alkyl halides is 2. The van der Waals surface area contributed by atoms with Crippen molar-refractivity contribution in [2.24, 2.45) is 0 Å². The second-order valence-corrected chi connectivity index (χ2v) is 7.24. The van der Waals surface area contributed by atoms with Crippen LogP contribution in [0.3, 0.4) is 0 Å². The van der Waals surface area contributed by atoms with Crippen molar-refractivity contribution >= 4 is 5.82 Å². The number of benzene rings is 1. The summed E-state index contributed by atoms with van der Waals surface area (Å²) in [6, 6.07) is 5.47. The van der Waals surface area contributed by atoms with Crippen LogP contribution in [0.5, 0.6) is 6.01 Å². The summed E-state index contributed by atoms with van der Waals surface area (Å²) in [5.74, 6) is -3.45. The molecule has 1 aromatic carbocycles. The van der Waals surface area contributed by atoms with E-state index in [0.717, 1.165) is 43.9 Å². The molecule has 0 saturated carbocycles. The largest absolute Gasteiger partial charge is 0.457 e. The van der Waals surface area contributed by atoms with Crippen LogP contribution in [-0.2, 0) is 12.5 Å². The monoisotopic (exact) mass is 418 g/mol. The van der Waals surface area contributed by atoms with Crippen LogP contribution in [0, 0.1) is 5.82 Å². The van der Waals surface area contributed by atoms with Gasteiger partial charge in [-0.25, -0.2) is 22.8 Å². The lowest BCUT2D eigenvalue weighted by Crippen LogP contribution is -2.30. The van der Waals surface area contributed by atoms with Crippen LogP contribution in [-0.4, -0.2) is 38.1 Å². The number of nitrogens with zero attached hydrogens (tertiary/aromatic N) is 6. The molecule has 1 saturated heterocycles. The van der Waals surface area contributed by atoms with E-state index < -0.39 is 17.3 Å². The number of ether oxygens (including phenoxy) is 1. The Labute approximate surface area is 171 Å². The topological polar surface area (TPSA) is 69.0 Å². The zero-order valence-corrected chi connectivity index (χ0v) is 16.4. The fraction of sp³-hybridized carbons (Fsp3) is 0.400. The van der Waals surface area contributed by atoms with Gasteiger partial charge in [0.15, 0.2) is 0 Å². The second-order valence-electron chi connectivity index (χ2n) is 7.24. The molecule has 1 aliphatic rings. The molecule has 0 radical (unpaired) electrons. The summed E-state index contributed by atoms with van der Waals surface area (Å²) in [4.78, 5) is 10.8. The van der Waals surface area contributed by atoms with Gasteiger partial charge in [-0.2, -0.15) is 4.98 Å². The minimum Gasteiger partial charge on any atom is -0.457 e. The van der Waals surface area contributed by atoms with Gasteiger partial charge in [0, 0.05) is 26.2 Å². The van der Waals surface area contributed by atoms with Crippen molar-refractivity contribution in [3.63, 3.8) is 0 Å². The van der Waals surface area contributed by atoms with Gasteiger partial charge in [0.25, 0.3) is 5.92 Å². The van der Waals surface area contributed by atoms with Gasteiger partial charge in [-0.1, -0.05) is 5.21 Å². The third kappa shape index (κ3) is 4.52. The summed E-state index contributed by atoms with van der Waals surface area (Å²) in [6.45, 7) is 2.62. The highest BCUT2D eigenvalue weighted by atomic mass is 19.3. The minimum atomic E-state index is -3.30. The molecular formula is C20H21F3N6O. The zero-order chi connectivity index (χ0) is 21.1. The Morgan fingerprint density at radius 3 is 2.70 bits per heavy atom. The number of aromatic nitrogens is 5. The van der Waals surface area contributed by atoms with Crippen molar-refractivity contribution < 1.29 is 17.9 Å². The number of hydrogen-bond acceptors (Lipinski definition) is 6. The van der Waals surface area contributed by atoms with Crippen molar-refractivity contribution in [3.8, 4) is 11.7 Å². The lowest BCUT2D eigenvalue weighted by atomic mass is 10.1. The average molecular weight is 418 g/mol. The van der Waals surface area contributed by atoms with Gasteiger partial charge < -0.3 is 9.64 Å². The van der Waals surface area contributed by atoms with Gasteiger partial charge in [0.05, 0.1) is 17.4 Å². The highest BCUT2D eigenvalue weighted by molar-refractivity contribution is 5.39. The highest BCUT2D eigenvalue weighted by Gasteiger charge is 2.28. The molecule has 4 rings (SSSR count). The Balaban J connectivity index is 1.44. The van der Waals surface area contributed by atoms with E-state index in [2.05, 4.69) is 25.2 Å². The molecule has 10 heteroatoms. The number of anilines is 1. The Kier molecular flexibility index (Phi) is 5.56. The lowest BCUT2D eigenvalue weighted by Gasteiger charge is -2.27. The van der Waals surface area contributed by atoms with Gasteiger partial charge in [-0.3, -0.25) is 0 Å². The Morgan fingerprint density at radius 2 is 1.93 bits per heavy atom. The molecule has 0 aliphatic carbocycles. The lowest BCUT2D eigenvalue weighted by molar-refractivity contribution is 0.0137. The molecule has 7 nitrogen and oxygen atoms in total. The van der Waals surface area contributed by atoms with Gasteiger partial charge in [-0.15, -0.1) is 5.10 Å². The molecule has 30 heavy (non-hydrogen) atoms. The molecule has 3 aromatic rings. The summed E-state index contributed by atoms with van der Waals surface area (Å²) in [5.41, 5.74) is 0.0300. The first-order valence-corrected chi connectivity index (χ1v) is 9.70. The van der Waals surface area contributed by atoms with E-state index in [1.54, 1.807) is 6.20 Å². The molecule has 0 N–H and O–H groups in total. The maximum Gasteiger partial charge on any atom is 0.318 e. The standard InChI is InChI=1S/C20H21F3N6O/c1-20(22,23)16-11-15(5-6-17(16)21)29-12-14(26-27-29)13-30-19-24-8-7-18(25-19)28-9-3-2-4-10-28/h5-8,11-12H,2-4,9-10,13H2,1H3. The predicted octanol–water partition coefficient (Wildman–Crippen LogP) is 3.88. The molecule has 0 spiro atoms. The van der Waals surface area contributed by atoms with Crippen molar-refractivity contribution in [3.05, 3.63) is 53.7 Å². The van der Waals surface area contributed by atoms with Crippen LogP contribution in [0.2, 0.25) is 0 Å². The average Bonchev–Trinajstić information content (AvgIpc) is 3.22. The van der Waals surface area contributed by atoms with E-state index in [0.29, 0.717) is 12.6 Å². The van der Waals surface area contributed by atoms with Gasteiger partial charge in [0.1, 0.15) is 23.9 Å². The Bertz CT molecular complexity index is 1010. The summed E-state index contributed by atoms with van der Waals surface area (Å²) >= 11 is 0. The van der Waals surface area contributed by atoms with Crippen molar-refractivity contribution in [1.82, 2.24) is 25.0 Å². The number of hydrogen-bond donors (Lipinski definition) is 0. The first kappa shape index (κ1) is 20.1. The molecule has 3 heterocycles. The zero-order valence-electron chi connectivity index (χ0n) is 16.4. The first-order valence-electron chi connectivity index (χ1n) is 9.70. The maximum atomic E-state index is 13.7. The van der Waals surface area contributed by atoms with Gasteiger partial charge >= 0.3 is 6.01 Å². The van der Waals surface area contributed by atoms with Crippen LogP contribution in [0.15, 0.2) is 36.7 Å². The normalized spacial score (nSPS) is 14.7. The fourth-order valence-corrected chi connectivity index (χ4v) is 3.32. The van der Waals surface area contributed by atoms with Crippen LogP contribution in [0.1, 0.15) is 37.4 Å². The highest BCUT2D eigenvalue weighted by Crippen LogP contribution is 2.30. The quantitative estimate of drug-likeness (QED) is 0.605. The molecule has 2 aromatic heterocycles. The molecular weight excluding hydrogens is 397 g/mol. The van der Waals surface area contributed by atoms with E-state index in [1.807, 2.05) is 6.07 Å². The van der Waals surface area contributed by atoms with Gasteiger partial charge in [0.2, 0.25) is 0 Å². The van der Waals surface area contributed by atoms with Crippen LogP contribution >= 0.6 is 0 Å². The fourth-order valence-electron chi connectivity index (χ4n) is 3.32. The molecule has 1 fully saturated rings. The number of piperidine rings is 1. The van der Waals surface area contributed by atoms with Crippen molar-refractivity contribution in [1.29, 1.82) is 0 Å². The van der Waals surface area contributed by atoms with E-state index in [4.69, 9.17) is 4.74 Å². The van der Waals surface area contributed by atoms with E-state index in [9.17, 15) is 13.2 Å². The molecule has 0 bridgehead atoms. The third-order valence-corrected chi connectivity index (χ3v) is 4.88. The van der Waals surface area contributed by atoms with E-state index >= 15 is 0 Å². The summed E-state index contributed by atoms with van der Waals surface area (Å²) in [6.07, 6.45) is 6.68. The Hall–Kier alpha value is -3.17. The van der Waals surface area contributed by atoms with Crippen LogP contribution in [0.25, 0.3) is 5.69 Å². The van der Waals surface area contributed by atoms with E-state index in [1.165, 1.54) is 23.4 Å². The third-order valence-electron chi connectivity index (χ3n) is 4.88. The van der Waals surface area contributed by atoms with Crippen molar-refractivity contribution in [2.45, 2.75) is 38.7 Å². The van der Waals surface area contributed by atoms with Crippen LogP contribution in [0.4, 0.5) is 19.0 Å². The molecule has 0 atom stereocenters. The SMILES string of the molecule is CC(F)(F)c1cc(-n2cc(COc3nccc(N4CCCCC4)n3)nn2)ccc1F. The number of rotatable bonds is 6. The summed E-state index contributed by atoms with van der Waals surface area (Å²) in [7, 11) is 0. The van der Waals surface area contributed by atoms with Gasteiger partial charge in [-0.05, 0) is 43.5 Å². The second kappa shape index (κ2) is 8.29. The molecule has 0 unspecified atom stereocenters. The van der Waals surface area contributed by atoms with Crippen molar-refractivity contribution in [2.75, 3.05) is 18.0 Å².